The van der Waals surface area contributed by atoms with Crippen LogP contribution in [0.25, 0.3) is 0 Å². The Morgan fingerprint density at radius 2 is 1.07 bits per heavy atom. The zero-order valence-corrected chi connectivity index (χ0v) is 21.9. The van der Waals surface area contributed by atoms with Gasteiger partial charge in [-0.05, 0) is 0 Å². The maximum Gasteiger partial charge on any atom is 0.232 e. The number of benzene rings is 1. The Balaban J connectivity index is 2.93. The third kappa shape index (κ3) is 4.73. The summed E-state index contributed by atoms with van der Waals surface area (Å²) in [5.41, 5.74) is -4.19. The van der Waals surface area contributed by atoms with E-state index in [9.17, 15) is 0 Å². The summed E-state index contributed by atoms with van der Waals surface area (Å²) in [5.74, 6) is -0.0327. The molecule has 2 N–H and O–H groups in total. The SMILES string of the molecule is ClC(Cl)(Cl)C1(C(Cl)(Cl)Cl)N=C(c2ccccc2)NC(C(Cl)(Cl)Cl)(C(Cl)(Cl)Cl)N1. The lowest BCUT2D eigenvalue weighted by atomic mass is 10.0. The van der Waals surface area contributed by atoms with E-state index in [2.05, 4.69) is 15.6 Å². The van der Waals surface area contributed by atoms with E-state index in [0.717, 1.165) is 0 Å². The number of hydrogen-bond acceptors (Lipinski definition) is 3. The summed E-state index contributed by atoms with van der Waals surface area (Å²) in [5, 5.41) is 5.32. The Morgan fingerprint density at radius 3 is 1.43 bits per heavy atom. The van der Waals surface area contributed by atoms with Gasteiger partial charge in [0.2, 0.25) is 20.8 Å². The van der Waals surface area contributed by atoms with Gasteiger partial charge in [0.1, 0.15) is 5.84 Å². The summed E-state index contributed by atoms with van der Waals surface area (Å²) in [6.07, 6.45) is 0. The lowest BCUT2D eigenvalue weighted by Gasteiger charge is -2.56. The molecule has 0 bridgehead atoms. The van der Waals surface area contributed by atoms with Gasteiger partial charge in [-0.2, -0.15) is 0 Å². The topological polar surface area (TPSA) is 36.4 Å². The number of aliphatic imine (C=N–C) groups is 1. The first-order chi connectivity index (χ1) is 12.4. The van der Waals surface area contributed by atoms with Crippen LogP contribution >= 0.6 is 139 Å². The average molecular weight is 631 g/mol. The molecule has 0 aliphatic carbocycles. The van der Waals surface area contributed by atoms with Crippen molar-refractivity contribution >= 4 is 145 Å². The van der Waals surface area contributed by atoms with Gasteiger partial charge >= 0.3 is 0 Å². The van der Waals surface area contributed by atoms with Crippen molar-refractivity contribution in [3.8, 4) is 0 Å². The molecule has 3 nitrogen and oxygen atoms in total. The molecule has 1 heterocycles. The number of alkyl halides is 12. The highest BCUT2D eigenvalue weighted by Crippen LogP contribution is 2.59. The highest BCUT2D eigenvalue weighted by atomic mass is 35.6. The molecule has 1 aromatic rings. The van der Waals surface area contributed by atoms with E-state index in [0.29, 0.717) is 5.56 Å². The van der Waals surface area contributed by atoms with E-state index in [1.54, 1.807) is 30.3 Å². The highest BCUT2D eigenvalue weighted by Gasteiger charge is 2.73. The number of hydrogen-bond donors (Lipinski definition) is 2. The predicted octanol–water partition coefficient (Wildman–Crippen LogP) is 7.50. The van der Waals surface area contributed by atoms with Crippen molar-refractivity contribution in [2.24, 2.45) is 4.99 Å². The number of halogens is 12. The Morgan fingerprint density at radius 1 is 0.643 bits per heavy atom. The van der Waals surface area contributed by atoms with Crippen molar-refractivity contribution < 1.29 is 0 Å². The molecule has 15 heteroatoms. The van der Waals surface area contributed by atoms with Gasteiger partial charge in [-0.15, -0.1) is 0 Å². The molecule has 0 aromatic heterocycles. The fourth-order valence-corrected chi connectivity index (χ4v) is 5.99. The first-order valence-corrected chi connectivity index (χ1v) is 11.4. The monoisotopic (exact) mass is 625 g/mol. The molecule has 0 radical (unpaired) electrons. The highest BCUT2D eigenvalue weighted by molar-refractivity contribution is 6.75. The van der Waals surface area contributed by atoms with E-state index < -0.39 is 26.5 Å². The Hall–Kier alpha value is 2.13. The standard InChI is InChI=1S/C13H7Cl12N3/c14-10(15,16)8(11(17,18)19)26-7(6-4-2-1-3-5-6)27-9(28-8,12(20,21)22)13(23,24)25/h1-5,28H,(H,26,27). The molecular weight excluding hydrogens is 624 g/mol. The van der Waals surface area contributed by atoms with Gasteiger partial charge in [-0.1, -0.05) is 170 Å². The summed E-state index contributed by atoms with van der Waals surface area (Å²) in [6, 6.07) is 8.42. The largest absolute Gasteiger partial charge is 0.345 e. The van der Waals surface area contributed by atoms with E-state index in [1.165, 1.54) is 0 Å². The molecule has 0 amide bonds. The second-order valence-electron chi connectivity index (χ2n) is 5.53. The molecule has 2 rings (SSSR count). The van der Waals surface area contributed by atoms with Crippen LogP contribution in [0.1, 0.15) is 5.56 Å². The van der Waals surface area contributed by atoms with Crippen molar-refractivity contribution in [1.82, 2.24) is 10.6 Å². The second kappa shape index (κ2) is 8.48. The minimum absolute atomic E-state index is 0.0327. The molecule has 1 aliphatic rings. The van der Waals surface area contributed by atoms with Gasteiger partial charge in [0, 0.05) is 5.56 Å². The normalized spacial score (nSPS) is 20.4. The van der Waals surface area contributed by atoms with E-state index in [4.69, 9.17) is 139 Å². The fourth-order valence-electron chi connectivity index (χ4n) is 2.31. The summed E-state index contributed by atoms with van der Waals surface area (Å²) in [4.78, 5) is 4.30. The maximum atomic E-state index is 6.17. The molecule has 0 saturated carbocycles. The Kier molecular flexibility index (Phi) is 7.99. The molecule has 0 atom stereocenters. The number of rotatable bonds is 1. The lowest BCUT2D eigenvalue weighted by Crippen LogP contribution is -2.84. The second-order valence-corrected chi connectivity index (χ2v) is 14.7. The van der Waals surface area contributed by atoms with Crippen LogP contribution in [-0.2, 0) is 0 Å². The predicted molar refractivity (Wildman–Crippen MR) is 126 cm³/mol. The molecule has 158 valence electrons. The Labute approximate surface area is 221 Å². The van der Waals surface area contributed by atoms with Crippen molar-refractivity contribution in [3.63, 3.8) is 0 Å². The Bertz CT molecular complexity index is 713. The quantitative estimate of drug-likeness (QED) is 0.316. The van der Waals surface area contributed by atoms with Crippen LogP contribution in [0.2, 0.25) is 0 Å². The van der Waals surface area contributed by atoms with Gasteiger partial charge in [0.05, 0.1) is 0 Å². The van der Waals surface area contributed by atoms with Crippen molar-refractivity contribution in [1.29, 1.82) is 0 Å². The van der Waals surface area contributed by atoms with Gasteiger partial charge in [-0.25, -0.2) is 4.99 Å². The molecule has 1 aromatic carbocycles. The van der Waals surface area contributed by atoms with E-state index in [1.807, 2.05) is 0 Å². The smallest absolute Gasteiger partial charge is 0.232 e. The molecule has 0 fully saturated rings. The fraction of sp³-hybridized carbons (Fsp3) is 0.462. The van der Waals surface area contributed by atoms with Crippen LogP contribution in [-0.4, -0.2) is 32.3 Å². The van der Waals surface area contributed by atoms with Crippen molar-refractivity contribution in [2.45, 2.75) is 26.5 Å². The van der Waals surface area contributed by atoms with Crippen LogP contribution in [0.3, 0.4) is 0 Å². The van der Waals surface area contributed by atoms with Gasteiger partial charge < -0.3 is 5.32 Å². The van der Waals surface area contributed by atoms with Gasteiger partial charge in [0.25, 0.3) is 0 Å². The zero-order chi connectivity index (χ0) is 21.8. The van der Waals surface area contributed by atoms with E-state index in [-0.39, 0.29) is 5.84 Å². The van der Waals surface area contributed by atoms with Crippen LogP contribution in [0.15, 0.2) is 35.3 Å². The average Bonchev–Trinajstić information content (AvgIpc) is 2.51. The molecule has 0 unspecified atom stereocenters. The van der Waals surface area contributed by atoms with Crippen LogP contribution in [0, 0.1) is 0 Å². The number of nitrogens with one attached hydrogen (secondary N) is 2. The molecule has 1 aliphatic heterocycles. The van der Waals surface area contributed by atoms with Crippen molar-refractivity contribution in [2.75, 3.05) is 0 Å². The summed E-state index contributed by atoms with van der Waals surface area (Å²) >= 11 is 74.0. The molecule has 28 heavy (non-hydrogen) atoms. The minimum atomic E-state index is -2.42. The van der Waals surface area contributed by atoms with Crippen molar-refractivity contribution in [3.05, 3.63) is 35.9 Å². The minimum Gasteiger partial charge on any atom is -0.345 e. The first-order valence-electron chi connectivity index (χ1n) is 6.88. The number of nitrogens with zero attached hydrogens (tertiary/aromatic N) is 1. The summed E-state index contributed by atoms with van der Waals surface area (Å²) in [7, 11) is 0. The number of amidine groups is 1. The molecular formula is C13H7Cl12N3. The van der Waals surface area contributed by atoms with Crippen LogP contribution in [0.5, 0.6) is 0 Å². The van der Waals surface area contributed by atoms with Gasteiger partial charge in [0.15, 0.2) is 5.66 Å². The summed E-state index contributed by atoms with van der Waals surface area (Å²) in [6.45, 7) is 0. The van der Waals surface area contributed by atoms with Gasteiger partial charge in [-0.3, -0.25) is 5.32 Å². The molecule has 0 spiro atoms. The summed E-state index contributed by atoms with van der Waals surface area (Å²) < 4.78 is -9.61. The molecule has 0 saturated heterocycles. The third-order valence-corrected chi connectivity index (χ3v) is 7.01. The zero-order valence-electron chi connectivity index (χ0n) is 12.9. The third-order valence-electron chi connectivity index (χ3n) is 3.67. The van der Waals surface area contributed by atoms with Crippen LogP contribution < -0.4 is 10.6 Å². The maximum absolute atomic E-state index is 6.17. The van der Waals surface area contributed by atoms with Crippen LogP contribution in [0.4, 0.5) is 0 Å². The first kappa shape index (κ1) is 26.4. The lowest BCUT2D eigenvalue weighted by molar-refractivity contribution is 0.179. The van der Waals surface area contributed by atoms with E-state index >= 15 is 0 Å².